The summed E-state index contributed by atoms with van der Waals surface area (Å²) in [5, 5.41) is 9.57. The SMILES string of the molecule is COCC1(C(=O)N2CCC(NC(=O)NC3CCCCC3)CC2)CCNCC1.Cl. The zero-order valence-electron chi connectivity index (χ0n) is 17.1. The predicted molar refractivity (Wildman–Crippen MR) is 112 cm³/mol. The molecule has 3 N–H and O–H groups in total. The number of likely N-dealkylation sites (tertiary alicyclic amines) is 1. The molecule has 0 bridgehead atoms. The first-order chi connectivity index (χ1) is 13.1. The smallest absolute Gasteiger partial charge is 0.315 e. The molecular weight excluding hydrogens is 380 g/mol. The largest absolute Gasteiger partial charge is 0.384 e. The summed E-state index contributed by atoms with van der Waals surface area (Å²) in [6.07, 6.45) is 9.22. The summed E-state index contributed by atoms with van der Waals surface area (Å²) in [6, 6.07) is 0.444. The van der Waals surface area contributed by atoms with Crippen LogP contribution in [0.15, 0.2) is 0 Å². The average Bonchev–Trinajstić information content (AvgIpc) is 2.70. The van der Waals surface area contributed by atoms with Gasteiger partial charge in [-0.25, -0.2) is 4.79 Å². The molecule has 0 aromatic rings. The van der Waals surface area contributed by atoms with E-state index in [1.165, 1.54) is 19.3 Å². The third-order valence-electron chi connectivity index (χ3n) is 6.49. The monoisotopic (exact) mass is 416 g/mol. The van der Waals surface area contributed by atoms with Crippen LogP contribution in [0.2, 0.25) is 0 Å². The number of piperidine rings is 2. The fraction of sp³-hybridized carbons (Fsp3) is 0.900. The zero-order valence-corrected chi connectivity index (χ0v) is 18.0. The summed E-state index contributed by atoms with van der Waals surface area (Å²) in [5.74, 6) is 0.232. The van der Waals surface area contributed by atoms with Crippen LogP contribution in [0.25, 0.3) is 0 Å². The van der Waals surface area contributed by atoms with E-state index in [0.29, 0.717) is 25.7 Å². The molecule has 3 amide bonds. The Morgan fingerprint density at radius 2 is 1.57 bits per heavy atom. The van der Waals surface area contributed by atoms with Crippen molar-refractivity contribution in [3.05, 3.63) is 0 Å². The lowest BCUT2D eigenvalue weighted by molar-refractivity contribution is -0.148. The van der Waals surface area contributed by atoms with Crippen LogP contribution < -0.4 is 16.0 Å². The quantitative estimate of drug-likeness (QED) is 0.640. The minimum Gasteiger partial charge on any atom is -0.384 e. The van der Waals surface area contributed by atoms with Crippen LogP contribution in [0.5, 0.6) is 0 Å². The van der Waals surface area contributed by atoms with Crippen molar-refractivity contribution in [2.24, 2.45) is 5.41 Å². The molecule has 3 aliphatic rings. The Hall–Kier alpha value is -1.05. The first-order valence-corrected chi connectivity index (χ1v) is 10.7. The van der Waals surface area contributed by atoms with Gasteiger partial charge in [0.15, 0.2) is 0 Å². The number of nitrogens with zero attached hydrogens (tertiary/aromatic N) is 1. The lowest BCUT2D eigenvalue weighted by atomic mass is 9.78. The number of halogens is 1. The van der Waals surface area contributed by atoms with E-state index in [-0.39, 0.29) is 35.8 Å². The second-order valence-electron chi connectivity index (χ2n) is 8.48. The highest BCUT2D eigenvalue weighted by atomic mass is 35.5. The Balaban J connectivity index is 0.00000280. The summed E-state index contributed by atoms with van der Waals surface area (Å²) < 4.78 is 5.40. The number of methoxy groups -OCH3 is 1. The fourth-order valence-electron chi connectivity index (χ4n) is 4.82. The lowest BCUT2D eigenvalue weighted by Gasteiger charge is -2.42. The minimum absolute atomic E-state index is 0. The van der Waals surface area contributed by atoms with Gasteiger partial charge in [0.05, 0.1) is 12.0 Å². The fourth-order valence-corrected chi connectivity index (χ4v) is 4.82. The number of carbonyl (C=O) groups is 2. The van der Waals surface area contributed by atoms with E-state index in [1.807, 2.05) is 4.90 Å². The van der Waals surface area contributed by atoms with Crippen LogP contribution in [0.1, 0.15) is 57.8 Å². The highest BCUT2D eigenvalue weighted by Crippen LogP contribution is 2.32. The molecule has 3 rings (SSSR count). The minimum atomic E-state index is -0.376. The van der Waals surface area contributed by atoms with Crippen molar-refractivity contribution >= 4 is 24.3 Å². The molecular formula is C20H37ClN4O3. The molecule has 1 saturated carbocycles. The number of hydrogen-bond donors (Lipinski definition) is 3. The third kappa shape index (κ3) is 5.97. The number of hydrogen-bond acceptors (Lipinski definition) is 4. The number of ether oxygens (including phenoxy) is 1. The molecule has 0 radical (unpaired) electrons. The molecule has 3 fully saturated rings. The molecule has 0 aromatic carbocycles. The molecule has 2 heterocycles. The van der Waals surface area contributed by atoms with E-state index in [1.54, 1.807) is 7.11 Å². The molecule has 1 aliphatic carbocycles. The lowest BCUT2D eigenvalue weighted by Crippen LogP contribution is -2.55. The van der Waals surface area contributed by atoms with E-state index in [9.17, 15) is 9.59 Å². The van der Waals surface area contributed by atoms with Crippen molar-refractivity contribution in [2.45, 2.75) is 69.9 Å². The van der Waals surface area contributed by atoms with E-state index in [0.717, 1.165) is 51.6 Å². The van der Waals surface area contributed by atoms with Crippen molar-refractivity contribution in [3.8, 4) is 0 Å². The molecule has 0 aromatic heterocycles. The van der Waals surface area contributed by atoms with Gasteiger partial charge in [-0.1, -0.05) is 19.3 Å². The van der Waals surface area contributed by atoms with E-state index >= 15 is 0 Å². The van der Waals surface area contributed by atoms with Gasteiger partial charge in [-0.2, -0.15) is 0 Å². The first kappa shape index (κ1) is 23.2. The molecule has 2 aliphatic heterocycles. The molecule has 162 valence electrons. The molecule has 0 spiro atoms. The standard InChI is InChI=1S/C20H36N4O3.ClH/c1-27-15-20(9-11-21-12-10-20)18(25)24-13-7-17(8-14-24)23-19(26)22-16-5-3-2-4-6-16;/h16-17,21H,2-15H2,1H3,(H2,22,23,26);1H. The van der Waals surface area contributed by atoms with Gasteiger partial charge >= 0.3 is 6.03 Å². The molecule has 8 heteroatoms. The zero-order chi connectivity index (χ0) is 19.1. The maximum atomic E-state index is 13.2. The van der Waals surface area contributed by atoms with Crippen molar-refractivity contribution < 1.29 is 14.3 Å². The van der Waals surface area contributed by atoms with Crippen LogP contribution in [0.4, 0.5) is 4.79 Å². The normalized spacial score (nSPS) is 23.5. The van der Waals surface area contributed by atoms with Gasteiger partial charge in [-0.05, 0) is 51.6 Å². The second-order valence-corrected chi connectivity index (χ2v) is 8.48. The van der Waals surface area contributed by atoms with Crippen molar-refractivity contribution in [2.75, 3.05) is 39.9 Å². The van der Waals surface area contributed by atoms with Gasteiger partial charge in [0, 0.05) is 32.3 Å². The van der Waals surface area contributed by atoms with Gasteiger partial charge in [-0.3, -0.25) is 4.79 Å². The van der Waals surface area contributed by atoms with Crippen LogP contribution in [-0.2, 0) is 9.53 Å². The van der Waals surface area contributed by atoms with Crippen LogP contribution in [-0.4, -0.2) is 68.8 Å². The predicted octanol–water partition coefficient (Wildman–Crippen LogP) is 2.05. The van der Waals surface area contributed by atoms with Crippen LogP contribution in [0.3, 0.4) is 0 Å². The highest BCUT2D eigenvalue weighted by molar-refractivity contribution is 5.85. The van der Waals surface area contributed by atoms with Crippen molar-refractivity contribution in [1.82, 2.24) is 20.9 Å². The Morgan fingerprint density at radius 3 is 2.14 bits per heavy atom. The van der Waals surface area contributed by atoms with Gasteiger partial charge in [0.25, 0.3) is 0 Å². The van der Waals surface area contributed by atoms with E-state index < -0.39 is 0 Å². The maximum absolute atomic E-state index is 13.2. The van der Waals surface area contributed by atoms with E-state index in [2.05, 4.69) is 16.0 Å². The van der Waals surface area contributed by atoms with Crippen LogP contribution in [0, 0.1) is 5.41 Å². The molecule has 28 heavy (non-hydrogen) atoms. The number of urea groups is 1. The summed E-state index contributed by atoms with van der Waals surface area (Å²) in [4.78, 5) is 27.4. The summed E-state index contributed by atoms with van der Waals surface area (Å²) in [5.41, 5.74) is -0.376. The molecule has 2 saturated heterocycles. The Labute approximate surface area is 175 Å². The van der Waals surface area contributed by atoms with Gasteiger partial charge in [-0.15, -0.1) is 12.4 Å². The Bertz CT molecular complexity index is 494. The highest BCUT2D eigenvalue weighted by Gasteiger charge is 2.43. The topological polar surface area (TPSA) is 82.7 Å². The number of nitrogens with one attached hydrogen (secondary N) is 3. The number of rotatable bonds is 5. The van der Waals surface area contributed by atoms with Crippen molar-refractivity contribution in [3.63, 3.8) is 0 Å². The Kier molecular flexibility index (Phi) is 9.31. The Morgan fingerprint density at radius 1 is 1.00 bits per heavy atom. The summed E-state index contributed by atoms with van der Waals surface area (Å²) >= 11 is 0. The molecule has 0 atom stereocenters. The second kappa shape index (κ2) is 11.2. The molecule has 0 unspecified atom stereocenters. The first-order valence-electron chi connectivity index (χ1n) is 10.7. The maximum Gasteiger partial charge on any atom is 0.315 e. The van der Waals surface area contributed by atoms with E-state index in [4.69, 9.17) is 4.74 Å². The average molecular weight is 417 g/mol. The third-order valence-corrected chi connectivity index (χ3v) is 6.49. The van der Waals surface area contributed by atoms with Crippen molar-refractivity contribution in [1.29, 1.82) is 0 Å². The van der Waals surface area contributed by atoms with Gasteiger partial charge < -0.3 is 25.6 Å². The number of amides is 3. The summed E-state index contributed by atoms with van der Waals surface area (Å²) in [7, 11) is 1.68. The van der Waals surface area contributed by atoms with Gasteiger partial charge in [0.1, 0.15) is 0 Å². The number of carbonyl (C=O) groups excluding carboxylic acids is 2. The molecule has 7 nitrogen and oxygen atoms in total. The summed E-state index contributed by atoms with van der Waals surface area (Å²) in [6.45, 7) is 3.66. The van der Waals surface area contributed by atoms with Crippen LogP contribution >= 0.6 is 12.4 Å². The van der Waals surface area contributed by atoms with Gasteiger partial charge in [0.2, 0.25) is 5.91 Å².